The highest BCUT2D eigenvalue weighted by molar-refractivity contribution is 5.69. The largest absolute Gasteiger partial charge is 0.462 e. The van der Waals surface area contributed by atoms with Crippen LogP contribution in [-0.4, -0.2) is 110 Å². The zero-order chi connectivity index (χ0) is 24.5. The summed E-state index contributed by atoms with van der Waals surface area (Å²) < 4.78 is 21.8. The van der Waals surface area contributed by atoms with Crippen LogP contribution < -0.4 is 0 Å². The fraction of sp³-hybridized carbons (Fsp3) is 0.857. The van der Waals surface area contributed by atoms with E-state index in [1.807, 2.05) is 13.8 Å². The molecule has 1 saturated heterocycles. The molecule has 3 aliphatic rings. The summed E-state index contributed by atoms with van der Waals surface area (Å²) in [5.74, 6) is -2.12. The van der Waals surface area contributed by atoms with Crippen molar-refractivity contribution in [2.45, 2.75) is 75.4 Å². The Bertz CT molecular complexity index is 711. The first kappa shape index (κ1) is 26.3. The molecule has 0 spiro atoms. The van der Waals surface area contributed by atoms with Crippen molar-refractivity contribution in [2.24, 2.45) is 17.8 Å². The van der Waals surface area contributed by atoms with Crippen molar-refractivity contribution in [1.82, 2.24) is 0 Å². The van der Waals surface area contributed by atoms with Crippen molar-refractivity contribution in [3.05, 3.63) is 11.8 Å². The number of esters is 1. The van der Waals surface area contributed by atoms with E-state index in [0.29, 0.717) is 5.57 Å². The fourth-order valence-corrected chi connectivity index (χ4v) is 4.64. The minimum atomic E-state index is -1.99. The molecule has 0 bridgehead atoms. The van der Waals surface area contributed by atoms with E-state index in [1.54, 1.807) is 0 Å². The Kier molecular flexibility index (Phi) is 8.36. The number of fused-ring (bicyclic) bond motifs is 1. The highest BCUT2D eigenvalue weighted by atomic mass is 16.7. The molecule has 2 heterocycles. The summed E-state index contributed by atoms with van der Waals surface area (Å²) >= 11 is 0. The minimum Gasteiger partial charge on any atom is -0.462 e. The molecule has 7 N–H and O–H groups in total. The standard InChI is InChI=1S/C21H34O12/c1-9(2)3-14(25)33-19-15-11(4-13(24)21(15,29)8-23)10(6-30-19)7-31-20-18(28)17(27)16(26)12(5-22)32-20/h6,9,11-13,15-20,22-24,26-29H,3-5,7-8H2,1-2H3/t11-,12+,13+,15+,16+,17-,18+,19-,20+,21-/m0/s1. The summed E-state index contributed by atoms with van der Waals surface area (Å²) in [6.45, 7) is 2.04. The molecule has 0 amide bonds. The third-order valence-electron chi connectivity index (χ3n) is 6.53. The second-order valence-corrected chi connectivity index (χ2v) is 9.33. The molecule has 0 aromatic rings. The monoisotopic (exact) mass is 478 g/mol. The summed E-state index contributed by atoms with van der Waals surface area (Å²) in [4.78, 5) is 12.2. The number of aliphatic hydroxyl groups is 7. The molecule has 33 heavy (non-hydrogen) atoms. The Hall–Kier alpha value is -1.35. The smallest absolute Gasteiger partial charge is 0.309 e. The van der Waals surface area contributed by atoms with E-state index in [0.717, 1.165) is 0 Å². The van der Waals surface area contributed by atoms with E-state index in [2.05, 4.69) is 0 Å². The Labute approximate surface area is 191 Å². The topological polar surface area (TPSA) is 196 Å². The van der Waals surface area contributed by atoms with Crippen molar-refractivity contribution < 1.29 is 59.5 Å². The molecular weight excluding hydrogens is 444 g/mol. The highest BCUT2D eigenvalue weighted by Crippen LogP contribution is 2.49. The lowest BCUT2D eigenvalue weighted by atomic mass is 9.80. The molecular formula is C21H34O12. The van der Waals surface area contributed by atoms with Crippen LogP contribution in [0.3, 0.4) is 0 Å². The summed E-state index contributed by atoms with van der Waals surface area (Å²) in [5.41, 5.74) is -1.56. The maximum Gasteiger partial charge on any atom is 0.309 e. The second-order valence-electron chi connectivity index (χ2n) is 9.33. The predicted molar refractivity (Wildman–Crippen MR) is 108 cm³/mol. The Balaban J connectivity index is 1.75. The number of rotatable bonds is 8. The van der Waals surface area contributed by atoms with Crippen molar-refractivity contribution in [3.8, 4) is 0 Å². The van der Waals surface area contributed by atoms with Crippen molar-refractivity contribution in [1.29, 1.82) is 0 Å². The zero-order valence-corrected chi connectivity index (χ0v) is 18.6. The molecule has 0 aromatic carbocycles. The number of aliphatic hydroxyl groups excluding tert-OH is 6. The van der Waals surface area contributed by atoms with Gasteiger partial charge in [-0.25, -0.2) is 0 Å². The molecule has 10 atom stereocenters. The Morgan fingerprint density at radius 3 is 2.45 bits per heavy atom. The summed E-state index contributed by atoms with van der Waals surface area (Å²) in [7, 11) is 0. The third kappa shape index (κ3) is 5.19. The van der Waals surface area contributed by atoms with Gasteiger partial charge in [-0.2, -0.15) is 0 Å². The fourth-order valence-electron chi connectivity index (χ4n) is 4.64. The van der Waals surface area contributed by atoms with Crippen LogP contribution in [0.2, 0.25) is 0 Å². The van der Waals surface area contributed by atoms with Gasteiger partial charge in [0.2, 0.25) is 6.29 Å². The summed E-state index contributed by atoms with van der Waals surface area (Å²) in [6.07, 6.45) is -8.43. The van der Waals surface area contributed by atoms with Crippen molar-refractivity contribution >= 4 is 5.97 Å². The van der Waals surface area contributed by atoms with Crippen LogP contribution in [0, 0.1) is 17.8 Å². The maximum absolute atomic E-state index is 12.2. The van der Waals surface area contributed by atoms with Crippen molar-refractivity contribution in [3.63, 3.8) is 0 Å². The zero-order valence-electron chi connectivity index (χ0n) is 18.6. The molecule has 3 rings (SSSR count). The number of carbonyl (C=O) groups is 1. The summed E-state index contributed by atoms with van der Waals surface area (Å²) in [5, 5.41) is 70.5. The van der Waals surface area contributed by atoms with Gasteiger partial charge in [-0.05, 0) is 17.9 Å². The maximum atomic E-state index is 12.2. The lowest BCUT2D eigenvalue weighted by Gasteiger charge is -2.41. The van der Waals surface area contributed by atoms with Crippen LogP contribution in [0.25, 0.3) is 0 Å². The van der Waals surface area contributed by atoms with E-state index in [-0.39, 0.29) is 25.4 Å². The van der Waals surface area contributed by atoms with Gasteiger partial charge in [0.05, 0.1) is 38.1 Å². The highest BCUT2D eigenvalue weighted by Gasteiger charge is 2.60. The van der Waals surface area contributed by atoms with Crippen LogP contribution in [0.1, 0.15) is 26.7 Å². The van der Waals surface area contributed by atoms with Crippen LogP contribution >= 0.6 is 0 Å². The van der Waals surface area contributed by atoms with E-state index < -0.39 is 79.7 Å². The van der Waals surface area contributed by atoms with E-state index in [4.69, 9.17) is 18.9 Å². The molecule has 0 radical (unpaired) electrons. The SMILES string of the molecule is CC(C)CC(=O)O[C@@H]1OC=C(CO[C@@H]2O[C@H](CO)[C@@H](O)[C@H](O)[C@H]2O)[C@@H]2C[C@@H](O)[C@@](O)(CO)[C@@H]12. The lowest BCUT2D eigenvalue weighted by molar-refractivity contribution is -0.299. The van der Waals surface area contributed by atoms with Gasteiger partial charge in [0.25, 0.3) is 0 Å². The van der Waals surface area contributed by atoms with Crippen molar-refractivity contribution in [2.75, 3.05) is 19.8 Å². The number of hydrogen-bond donors (Lipinski definition) is 7. The summed E-state index contributed by atoms with van der Waals surface area (Å²) in [6, 6.07) is 0. The third-order valence-corrected chi connectivity index (χ3v) is 6.53. The quantitative estimate of drug-likeness (QED) is 0.179. The van der Waals surface area contributed by atoms with Gasteiger partial charge in [-0.1, -0.05) is 13.8 Å². The molecule has 2 fully saturated rings. The average molecular weight is 478 g/mol. The number of carbonyl (C=O) groups excluding carboxylic acids is 1. The first-order valence-electron chi connectivity index (χ1n) is 11.0. The average Bonchev–Trinajstić information content (AvgIpc) is 3.03. The van der Waals surface area contributed by atoms with E-state index in [1.165, 1.54) is 6.26 Å². The first-order valence-corrected chi connectivity index (χ1v) is 11.0. The van der Waals surface area contributed by atoms with Crippen LogP contribution in [0.5, 0.6) is 0 Å². The van der Waals surface area contributed by atoms with Gasteiger partial charge >= 0.3 is 5.97 Å². The normalized spacial score (nSPS) is 43.1. The van der Waals surface area contributed by atoms with Gasteiger partial charge < -0.3 is 54.7 Å². The molecule has 12 heteroatoms. The van der Waals surface area contributed by atoms with Crippen LogP contribution in [-0.2, 0) is 23.7 Å². The molecule has 0 unspecified atom stereocenters. The molecule has 1 saturated carbocycles. The van der Waals surface area contributed by atoms with Gasteiger partial charge in [-0.15, -0.1) is 0 Å². The van der Waals surface area contributed by atoms with E-state index in [9.17, 15) is 40.5 Å². The lowest BCUT2D eigenvalue weighted by Crippen LogP contribution is -2.59. The molecule has 1 aliphatic carbocycles. The van der Waals surface area contributed by atoms with Crippen LogP contribution in [0.4, 0.5) is 0 Å². The van der Waals surface area contributed by atoms with Gasteiger partial charge in [0.15, 0.2) is 6.29 Å². The van der Waals surface area contributed by atoms with Gasteiger partial charge in [0, 0.05) is 12.3 Å². The molecule has 0 aromatic heterocycles. The number of ether oxygens (including phenoxy) is 4. The number of hydrogen-bond acceptors (Lipinski definition) is 12. The molecule has 2 aliphatic heterocycles. The predicted octanol–water partition coefficient (Wildman–Crippen LogP) is -2.65. The van der Waals surface area contributed by atoms with Gasteiger partial charge in [0.1, 0.15) is 30.0 Å². The molecule has 190 valence electrons. The van der Waals surface area contributed by atoms with Crippen LogP contribution in [0.15, 0.2) is 11.8 Å². The van der Waals surface area contributed by atoms with E-state index >= 15 is 0 Å². The molecule has 12 nitrogen and oxygen atoms in total. The Morgan fingerprint density at radius 2 is 1.85 bits per heavy atom. The minimum absolute atomic E-state index is 0.0210. The second kappa shape index (κ2) is 10.5. The van der Waals surface area contributed by atoms with Gasteiger partial charge in [-0.3, -0.25) is 4.79 Å². The first-order chi connectivity index (χ1) is 15.5. The Morgan fingerprint density at radius 1 is 1.15 bits per heavy atom.